The Kier molecular flexibility index (Phi) is 24.8. The number of aldehydes is 1. The summed E-state index contributed by atoms with van der Waals surface area (Å²) in [5.41, 5.74) is 2.98. The Hall–Kier alpha value is -1.88. The van der Waals surface area contributed by atoms with Gasteiger partial charge in [0.05, 0.1) is 6.61 Å². The lowest BCUT2D eigenvalue weighted by Gasteiger charge is -2.24. The standard InChI is InChI=1S/C22H33NO2.C6H12O.C4H10.C2H6O.C2H6/c1-5-17(18-6-7-20-19(13-18)9-11-25-20)12-16(2)8-10-23-15-22(3,4)14-21(23)24;1-3-6(2)4-5-7;1-3-4-2;1-3-2;1-2/h6-7,13,16-17H,5,8-12,14-15H2,1-4H3;5-6H,3-4H2,1-2H3;3-4H2,1-2H3;1-2H3;1-2H3. The van der Waals surface area contributed by atoms with E-state index in [4.69, 9.17) is 4.74 Å². The number of fused-ring (bicyclic) bond motifs is 1. The Morgan fingerprint density at radius 3 is 2.07 bits per heavy atom. The summed E-state index contributed by atoms with van der Waals surface area (Å²) >= 11 is 0. The van der Waals surface area contributed by atoms with Crippen LogP contribution in [0.4, 0.5) is 0 Å². The summed E-state index contributed by atoms with van der Waals surface area (Å²) in [5.74, 6) is 3.22. The van der Waals surface area contributed by atoms with Crippen LogP contribution in [0.1, 0.15) is 138 Å². The van der Waals surface area contributed by atoms with Crippen molar-refractivity contribution in [1.29, 1.82) is 0 Å². The molecule has 1 aromatic carbocycles. The van der Waals surface area contributed by atoms with Gasteiger partial charge in [0.2, 0.25) is 5.91 Å². The van der Waals surface area contributed by atoms with Crippen molar-refractivity contribution >= 4 is 12.2 Å². The van der Waals surface area contributed by atoms with Crippen LogP contribution in [0.15, 0.2) is 18.2 Å². The van der Waals surface area contributed by atoms with Crippen molar-refractivity contribution in [2.75, 3.05) is 33.9 Å². The van der Waals surface area contributed by atoms with Crippen molar-refractivity contribution in [2.24, 2.45) is 17.3 Å². The van der Waals surface area contributed by atoms with E-state index in [2.05, 4.69) is 83.2 Å². The van der Waals surface area contributed by atoms with Gasteiger partial charge in [-0.1, -0.05) is 101 Å². The van der Waals surface area contributed by atoms with Gasteiger partial charge in [0, 0.05) is 46.6 Å². The summed E-state index contributed by atoms with van der Waals surface area (Å²) in [4.78, 5) is 24.0. The quantitative estimate of drug-likeness (QED) is 0.246. The highest BCUT2D eigenvalue weighted by Gasteiger charge is 2.35. The fourth-order valence-electron chi connectivity index (χ4n) is 4.70. The van der Waals surface area contributed by atoms with Gasteiger partial charge in [0.15, 0.2) is 0 Å². The molecule has 3 atom stereocenters. The number of rotatable bonds is 11. The van der Waals surface area contributed by atoms with Crippen LogP contribution in [0, 0.1) is 17.3 Å². The molecule has 0 aliphatic carbocycles. The highest BCUT2D eigenvalue weighted by Crippen LogP contribution is 2.34. The third-order valence-electron chi connectivity index (χ3n) is 7.55. The highest BCUT2D eigenvalue weighted by molar-refractivity contribution is 5.79. The predicted molar refractivity (Wildman–Crippen MR) is 177 cm³/mol. The largest absolute Gasteiger partial charge is 0.493 e. The second-order valence-electron chi connectivity index (χ2n) is 12.2. The van der Waals surface area contributed by atoms with Gasteiger partial charge in [-0.3, -0.25) is 4.79 Å². The van der Waals surface area contributed by atoms with Crippen molar-refractivity contribution in [1.82, 2.24) is 4.90 Å². The van der Waals surface area contributed by atoms with Crippen molar-refractivity contribution in [3.63, 3.8) is 0 Å². The number of unbranched alkanes of at least 4 members (excludes halogenated alkanes) is 1. The first-order valence-corrected chi connectivity index (χ1v) is 16.4. The minimum absolute atomic E-state index is 0.152. The van der Waals surface area contributed by atoms with Gasteiger partial charge in [-0.25, -0.2) is 0 Å². The zero-order chi connectivity index (χ0) is 31.8. The van der Waals surface area contributed by atoms with Gasteiger partial charge in [0.25, 0.3) is 0 Å². The number of carbonyl (C=O) groups is 2. The zero-order valence-corrected chi connectivity index (χ0v) is 29.1. The molecule has 3 rings (SSSR count). The Bertz CT molecular complexity index is 790. The number of benzene rings is 1. The SMILES string of the molecule is CC.CCC(C)CC=O.CCC(CC(C)CCN1CC(C)(C)CC1=O)c1ccc2c(c1)CCO2.CCCC.COC. The van der Waals surface area contributed by atoms with Gasteiger partial charge in [0.1, 0.15) is 12.0 Å². The van der Waals surface area contributed by atoms with Gasteiger partial charge >= 0.3 is 0 Å². The number of methoxy groups -OCH3 is 1. The normalized spacial score (nSPS) is 16.5. The molecule has 1 saturated heterocycles. The Morgan fingerprint density at radius 1 is 1.02 bits per heavy atom. The first kappa shape index (κ1) is 41.3. The first-order chi connectivity index (χ1) is 19.5. The van der Waals surface area contributed by atoms with Crippen LogP contribution < -0.4 is 4.74 Å². The molecule has 0 aromatic heterocycles. The molecule has 0 radical (unpaired) electrons. The fourth-order valence-corrected chi connectivity index (χ4v) is 4.70. The summed E-state index contributed by atoms with van der Waals surface area (Å²) in [7, 11) is 3.25. The van der Waals surface area contributed by atoms with Crippen molar-refractivity contribution in [3.8, 4) is 5.75 Å². The number of carbonyl (C=O) groups excluding carboxylic acids is 2. The van der Waals surface area contributed by atoms with E-state index in [0.717, 1.165) is 57.4 Å². The molecular formula is C36H67NO4. The number of amides is 1. The van der Waals surface area contributed by atoms with Gasteiger partial charge in [-0.2, -0.15) is 0 Å². The monoisotopic (exact) mass is 578 g/mol. The lowest BCUT2D eigenvalue weighted by atomic mass is 9.85. The average molecular weight is 578 g/mol. The molecule has 41 heavy (non-hydrogen) atoms. The van der Waals surface area contributed by atoms with Crippen LogP contribution in [0.3, 0.4) is 0 Å². The highest BCUT2D eigenvalue weighted by atomic mass is 16.5. The van der Waals surface area contributed by atoms with Crippen LogP contribution in [0.5, 0.6) is 5.75 Å². The minimum atomic E-state index is 0.152. The smallest absolute Gasteiger partial charge is 0.223 e. The van der Waals surface area contributed by atoms with Gasteiger partial charge < -0.3 is 19.2 Å². The lowest BCUT2D eigenvalue weighted by molar-refractivity contribution is -0.127. The zero-order valence-electron chi connectivity index (χ0n) is 29.1. The Labute approximate surface area is 255 Å². The van der Waals surface area contributed by atoms with Crippen LogP contribution in [-0.2, 0) is 20.7 Å². The molecule has 0 saturated carbocycles. The number of hydrogen-bond donors (Lipinski definition) is 0. The maximum Gasteiger partial charge on any atom is 0.223 e. The minimum Gasteiger partial charge on any atom is -0.493 e. The Morgan fingerprint density at radius 2 is 1.63 bits per heavy atom. The molecule has 2 aliphatic heterocycles. The second-order valence-corrected chi connectivity index (χ2v) is 12.2. The number of ether oxygens (including phenoxy) is 2. The third-order valence-corrected chi connectivity index (χ3v) is 7.55. The molecular weight excluding hydrogens is 510 g/mol. The molecule has 240 valence electrons. The van der Waals surface area contributed by atoms with Gasteiger partial charge in [-0.05, 0) is 59.6 Å². The van der Waals surface area contributed by atoms with Crippen molar-refractivity contribution in [2.45, 2.75) is 133 Å². The van der Waals surface area contributed by atoms with Crippen molar-refractivity contribution in [3.05, 3.63) is 29.3 Å². The van der Waals surface area contributed by atoms with E-state index >= 15 is 0 Å². The Balaban J connectivity index is 0. The van der Waals surface area contributed by atoms with E-state index in [1.807, 2.05) is 13.8 Å². The maximum atomic E-state index is 12.1. The molecule has 5 nitrogen and oxygen atoms in total. The van der Waals surface area contributed by atoms with E-state index in [0.29, 0.717) is 30.1 Å². The fraction of sp³-hybridized carbons (Fsp3) is 0.778. The number of hydrogen-bond acceptors (Lipinski definition) is 4. The van der Waals surface area contributed by atoms with Gasteiger partial charge in [-0.15, -0.1) is 0 Å². The maximum absolute atomic E-state index is 12.1. The van der Waals surface area contributed by atoms with Crippen molar-refractivity contribution < 1.29 is 19.1 Å². The molecule has 1 fully saturated rings. The molecule has 0 spiro atoms. The van der Waals surface area contributed by atoms with E-state index < -0.39 is 0 Å². The molecule has 0 N–H and O–H groups in total. The second kappa shape index (κ2) is 24.7. The molecule has 0 bridgehead atoms. The third kappa shape index (κ3) is 18.3. The molecule has 5 heteroatoms. The summed E-state index contributed by atoms with van der Waals surface area (Å²) in [6, 6.07) is 6.75. The lowest BCUT2D eigenvalue weighted by Crippen LogP contribution is -2.28. The first-order valence-electron chi connectivity index (χ1n) is 16.4. The topological polar surface area (TPSA) is 55.8 Å². The van der Waals surface area contributed by atoms with Crippen LogP contribution in [0.25, 0.3) is 0 Å². The summed E-state index contributed by atoms with van der Waals surface area (Å²) in [5, 5.41) is 0. The predicted octanol–water partition coefficient (Wildman–Crippen LogP) is 9.51. The molecule has 1 aromatic rings. The summed E-state index contributed by atoms with van der Waals surface area (Å²) in [6.07, 6.45) is 10.7. The molecule has 2 aliphatic rings. The molecule has 1 amide bonds. The summed E-state index contributed by atoms with van der Waals surface area (Å²) < 4.78 is 9.88. The van der Waals surface area contributed by atoms with Crippen LogP contribution >= 0.6 is 0 Å². The number of nitrogens with zero attached hydrogens (tertiary/aromatic N) is 1. The van der Waals surface area contributed by atoms with E-state index in [1.165, 1.54) is 36.8 Å². The van der Waals surface area contributed by atoms with E-state index in [9.17, 15) is 9.59 Å². The summed E-state index contributed by atoms with van der Waals surface area (Å²) in [6.45, 7) is 24.2. The number of likely N-dealkylation sites (tertiary alicyclic amines) is 1. The molecule has 2 heterocycles. The molecule has 3 unspecified atom stereocenters. The van der Waals surface area contributed by atoms with Crippen LogP contribution in [-0.4, -0.2) is 51.0 Å². The van der Waals surface area contributed by atoms with Crippen LogP contribution in [0.2, 0.25) is 0 Å². The average Bonchev–Trinajstić information content (AvgIpc) is 3.54. The van der Waals surface area contributed by atoms with E-state index in [1.54, 1.807) is 14.2 Å². The van der Waals surface area contributed by atoms with E-state index in [-0.39, 0.29) is 5.41 Å².